The second kappa shape index (κ2) is 8.40. The Balaban J connectivity index is 2.38. The van der Waals surface area contributed by atoms with E-state index < -0.39 is 0 Å². The quantitative estimate of drug-likeness (QED) is 0.272. The summed E-state index contributed by atoms with van der Waals surface area (Å²) in [6.07, 6.45) is -0.0265. The van der Waals surface area contributed by atoms with Crippen molar-refractivity contribution in [3.05, 3.63) is 26.9 Å². The van der Waals surface area contributed by atoms with Crippen molar-refractivity contribution in [2.75, 3.05) is 20.3 Å². The van der Waals surface area contributed by atoms with Crippen LogP contribution >= 0.6 is 24.4 Å². The molecular weight excluding hydrogens is 302 g/mol. The van der Waals surface area contributed by atoms with Crippen LogP contribution in [0.25, 0.3) is 0 Å². The Bertz CT molecular complexity index is 554. The normalized spacial score (nSPS) is 9.85. The van der Waals surface area contributed by atoms with Crippen molar-refractivity contribution in [3.63, 3.8) is 0 Å². The molecule has 5 N–H and O–H groups in total. The van der Waals surface area contributed by atoms with Gasteiger partial charge in [-0.2, -0.15) is 0 Å². The van der Waals surface area contributed by atoms with E-state index >= 15 is 0 Å². The number of thiocarbonyl (C=S) groups is 1. The van der Waals surface area contributed by atoms with E-state index in [1.165, 1.54) is 6.07 Å². The summed E-state index contributed by atoms with van der Waals surface area (Å²) in [5.74, 6) is -0.364. The maximum Gasteiger partial charge on any atom is 0.251 e. The van der Waals surface area contributed by atoms with Gasteiger partial charge in [-0.15, -0.1) is 0 Å². The zero-order valence-electron chi connectivity index (χ0n) is 10.7. The molecule has 1 aromatic heterocycles. The molecule has 0 bridgehead atoms. The van der Waals surface area contributed by atoms with Crippen molar-refractivity contribution in [2.45, 2.75) is 6.42 Å². The fraction of sp³-hybridized carbons (Fsp3) is 0.400. The highest BCUT2D eigenvalue weighted by molar-refractivity contribution is 7.80. The molecule has 110 valence electrons. The number of hydrogen-bond donors (Lipinski definition) is 5. The summed E-state index contributed by atoms with van der Waals surface area (Å²) in [4.78, 5) is 27.9. The van der Waals surface area contributed by atoms with E-state index in [0.29, 0.717) is 18.8 Å². The maximum atomic E-state index is 11.6. The van der Waals surface area contributed by atoms with Crippen molar-refractivity contribution in [1.29, 1.82) is 0 Å². The first-order valence-electron chi connectivity index (χ1n) is 5.65. The number of amides is 1. The summed E-state index contributed by atoms with van der Waals surface area (Å²) < 4.78 is 5.01. The first-order chi connectivity index (χ1) is 9.51. The highest BCUT2D eigenvalue weighted by atomic mass is 32.1. The number of hydrogen-bond acceptors (Lipinski definition) is 5. The molecule has 1 amide bonds. The Hall–Kier alpha value is -1.78. The summed E-state index contributed by atoms with van der Waals surface area (Å²) in [6.45, 7) is 1.03. The summed E-state index contributed by atoms with van der Waals surface area (Å²) >= 11 is 9.72. The predicted molar refractivity (Wildman–Crippen MR) is 79.7 cm³/mol. The second-order valence-electron chi connectivity index (χ2n) is 3.71. The lowest BCUT2D eigenvalue weighted by Crippen LogP contribution is -2.48. The van der Waals surface area contributed by atoms with Gasteiger partial charge in [0.1, 0.15) is 0 Å². The third kappa shape index (κ3) is 6.41. The molecule has 1 aromatic rings. The number of aromatic nitrogens is 2. The molecule has 0 fully saturated rings. The molecule has 0 unspecified atom stereocenters. The van der Waals surface area contributed by atoms with E-state index in [4.69, 9.17) is 29.2 Å². The molecular formula is C10H15N5O3S2. The molecule has 20 heavy (non-hydrogen) atoms. The zero-order chi connectivity index (χ0) is 15.0. The molecule has 0 radical (unpaired) electrons. The van der Waals surface area contributed by atoms with Crippen LogP contribution in [0.15, 0.2) is 10.9 Å². The number of rotatable bonds is 5. The van der Waals surface area contributed by atoms with Crippen LogP contribution in [0.1, 0.15) is 5.69 Å². The molecule has 0 spiro atoms. The van der Waals surface area contributed by atoms with Gasteiger partial charge in [0.05, 0.1) is 13.0 Å². The van der Waals surface area contributed by atoms with Crippen LogP contribution in [-0.4, -0.2) is 41.2 Å². The summed E-state index contributed by atoms with van der Waals surface area (Å²) in [6, 6.07) is 1.27. The van der Waals surface area contributed by atoms with Gasteiger partial charge in [0.2, 0.25) is 5.91 Å². The largest absolute Gasteiger partial charge is 0.383 e. The number of carbonyl (C=O) groups is 1. The van der Waals surface area contributed by atoms with E-state index in [9.17, 15) is 9.59 Å². The highest BCUT2D eigenvalue weighted by Crippen LogP contribution is 1.90. The summed E-state index contributed by atoms with van der Waals surface area (Å²) in [5, 5.41) is 3.09. The van der Waals surface area contributed by atoms with Crippen LogP contribution in [0.5, 0.6) is 0 Å². The standard InChI is InChI=1S/C10H15N5O3S2/c1-18-3-2-11-9(19)15-14-8(17)5-6-4-7(16)13-10(20)12-6/h4H,2-3,5H2,1H3,(H,14,17)(H2,11,15,19)(H2,12,13,16,20). The van der Waals surface area contributed by atoms with Gasteiger partial charge in [0.15, 0.2) is 9.88 Å². The average molecular weight is 317 g/mol. The fourth-order valence-corrected chi connectivity index (χ4v) is 1.65. The summed E-state index contributed by atoms with van der Waals surface area (Å²) in [5.41, 5.74) is 4.98. The van der Waals surface area contributed by atoms with E-state index in [-0.39, 0.29) is 27.8 Å². The minimum absolute atomic E-state index is 0.0265. The first kappa shape index (κ1) is 16.3. The van der Waals surface area contributed by atoms with Crippen molar-refractivity contribution in [3.8, 4) is 0 Å². The van der Waals surface area contributed by atoms with Gasteiger partial charge in [-0.1, -0.05) is 0 Å². The first-order valence-corrected chi connectivity index (χ1v) is 6.47. The van der Waals surface area contributed by atoms with E-state index in [2.05, 4.69) is 26.1 Å². The van der Waals surface area contributed by atoms with Crippen molar-refractivity contribution >= 4 is 35.5 Å². The number of hydrazine groups is 1. The molecule has 0 aromatic carbocycles. The van der Waals surface area contributed by atoms with Crippen LogP contribution in [-0.2, 0) is 16.0 Å². The number of ether oxygens (including phenoxy) is 1. The predicted octanol–water partition coefficient (Wildman–Crippen LogP) is -0.883. The second-order valence-corrected chi connectivity index (χ2v) is 4.53. The highest BCUT2D eigenvalue weighted by Gasteiger charge is 2.05. The van der Waals surface area contributed by atoms with Crippen LogP contribution in [0.2, 0.25) is 0 Å². The number of nitrogens with one attached hydrogen (secondary N) is 5. The Labute approximate surface area is 125 Å². The molecule has 0 aliphatic carbocycles. The number of methoxy groups -OCH3 is 1. The minimum Gasteiger partial charge on any atom is -0.383 e. The Morgan fingerprint density at radius 2 is 2.15 bits per heavy atom. The molecule has 1 heterocycles. The third-order valence-corrected chi connectivity index (χ3v) is 2.52. The van der Waals surface area contributed by atoms with Crippen LogP contribution in [0.3, 0.4) is 0 Å². The van der Waals surface area contributed by atoms with Gasteiger partial charge in [-0.05, 0) is 24.4 Å². The van der Waals surface area contributed by atoms with Crippen LogP contribution in [0, 0.1) is 4.77 Å². The van der Waals surface area contributed by atoms with Crippen LogP contribution < -0.4 is 21.7 Å². The third-order valence-electron chi connectivity index (χ3n) is 2.07. The lowest BCUT2D eigenvalue weighted by molar-refractivity contribution is -0.121. The molecule has 0 saturated heterocycles. The molecule has 0 atom stereocenters. The fourth-order valence-electron chi connectivity index (χ4n) is 1.27. The van der Waals surface area contributed by atoms with Crippen molar-refractivity contribution < 1.29 is 9.53 Å². The maximum absolute atomic E-state index is 11.6. The molecule has 1 rings (SSSR count). The van der Waals surface area contributed by atoms with Gasteiger partial charge >= 0.3 is 0 Å². The van der Waals surface area contributed by atoms with Gasteiger partial charge < -0.3 is 15.0 Å². The monoisotopic (exact) mass is 317 g/mol. The van der Waals surface area contributed by atoms with Crippen molar-refractivity contribution in [1.82, 2.24) is 26.1 Å². The molecule has 8 nitrogen and oxygen atoms in total. The SMILES string of the molecule is COCCNC(=S)NNC(=O)Cc1cc(=O)[nH]c(=S)[nH]1. The average Bonchev–Trinajstić information content (AvgIpc) is 2.35. The van der Waals surface area contributed by atoms with Gasteiger partial charge in [0, 0.05) is 25.4 Å². The number of H-pyrrole nitrogens is 2. The molecule has 0 aliphatic heterocycles. The summed E-state index contributed by atoms with van der Waals surface area (Å²) in [7, 11) is 1.57. The van der Waals surface area contributed by atoms with E-state index in [1.54, 1.807) is 7.11 Å². The number of aromatic amines is 2. The van der Waals surface area contributed by atoms with Gasteiger partial charge in [-0.3, -0.25) is 25.4 Å². The Kier molecular flexibility index (Phi) is 6.84. The van der Waals surface area contributed by atoms with Gasteiger partial charge in [-0.25, -0.2) is 0 Å². The Morgan fingerprint density at radius 1 is 1.40 bits per heavy atom. The Morgan fingerprint density at radius 3 is 2.80 bits per heavy atom. The molecule has 10 heteroatoms. The van der Waals surface area contributed by atoms with Gasteiger partial charge in [0.25, 0.3) is 5.56 Å². The lowest BCUT2D eigenvalue weighted by Gasteiger charge is -2.11. The lowest BCUT2D eigenvalue weighted by atomic mass is 10.3. The van der Waals surface area contributed by atoms with E-state index in [0.717, 1.165) is 0 Å². The number of carbonyl (C=O) groups excluding carboxylic acids is 1. The van der Waals surface area contributed by atoms with Crippen LogP contribution in [0.4, 0.5) is 0 Å². The zero-order valence-corrected chi connectivity index (χ0v) is 12.4. The smallest absolute Gasteiger partial charge is 0.251 e. The van der Waals surface area contributed by atoms with Crippen molar-refractivity contribution in [2.24, 2.45) is 0 Å². The van der Waals surface area contributed by atoms with E-state index in [1.807, 2.05) is 0 Å². The minimum atomic E-state index is -0.364. The topological polar surface area (TPSA) is 111 Å². The molecule has 0 saturated carbocycles. The molecule has 0 aliphatic rings.